The van der Waals surface area contributed by atoms with Crippen molar-refractivity contribution in [1.29, 1.82) is 0 Å². The molecule has 0 bridgehead atoms. The Kier molecular flexibility index (Phi) is 2.98. The average molecular weight is 215 g/mol. The normalized spacial score (nSPS) is 10.6. The van der Waals surface area contributed by atoms with E-state index in [1.165, 1.54) is 0 Å². The highest BCUT2D eigenvalue weighted by Gasteiger charge is 2.15. The molecule has 1 rings (SSSR count). The molecule has 0 radical (unpaired) electrons. The molecule has 0 aliphatic heterocycles. The van der Waals surface area contributed by atoms with Crippen molar-refractivity contribution >= 4 is 11.6 Å². The van der Waals surface area contributed by atoms with Crippen LogP contribution in [0, 0.1) is 11.6 Å². The molecule has 1 aromatic carbocycles. The van der Waals surface area contributed by atoms with Crippen LogP contribution in [0.1, 0.15) is 0 Å². The van der Waals surface area contributed by atoms with Crippen LogP contribution in [-0.2, 0) is 0 Å². The van der Waals surface area contributed by atoms with E-state index in [0.717, 1.165) is 12.1 Å². The lowest BCUT2D eigenvalue weighted by Crippen LogP contribution is -2.04. The molecule has 0 spiro atoms. The number of ether oxygens (including phenoxy) is 1. The third-order valence-electron chi connectivity index (χ3n) is 1.22. The first-order valence-corrected chi connectivity index (χ1v) is 3.48. The Morgan fingerprint density at radius 3 is 2.31 bits per heavy atom. The van der Waals surface area contributed by atoms with Crippen molar-refractivity contribution in [2.75, 3.05) is 0 Å². The Labute approximate surface area is 75.9 Å². The third kappa shape index (κ3) is 2.24. The van der Waals surface area contributed by atoms with Crippen LogP contribution >= 0.6 is 11.6 Å². The second kappa shape index (κ2) is 3.83. The monoisotopic (exact) mass is 214 g/mol. The largest absolute Gasteiger partial charge is 0.432 e. The van der Waals surface area contributed by atoms with E-state index in [0.29, 0.717) is 0 Å². The predicted molar refractivity (Wildman–Crippen MR) is 38.0 cm³/mol. The minimum Gasteiger partial charge on any atom is -0.432 e. The number of benzene rings is 1. The summed E-state index contributed by atoms with van der Waals surface area (Å²) < 4.78 is 52.2. The first-order valence-electron chi connectivity index (χ1n) is 3.10. The van der Waals surface area contributed by atoms with Crippen molar-refractivity contribution in [3.8, 4) is 5.75 Å². The summed E-state index contributed by atoms with van der Waals surface area (Å²) >= 11 is 5.16. The lowest BCUT2D eigenvalue weighted by atomic mass is 10.3. The van der Waals surface area contributed by atoms with Gasteiger partial charge >= 0.3 is 6.61 Å². The molecule has 0 atom stereocenters. The van der Waals surface area contributed by atoms with E-state index in [4.69, 9.17) is 11.6 Å². The lowest BCUT2D eigenvalue weighted by molar-refractivity contribution is -0.0525. The van der Waals surface area contributed by atoms with Crippen LogP contribution in [0.4, 0.5) is 17.6 Å². The average Bonchev–Trinajstić information content (AvgIpc) is 2.06. The molecule has 72 valence electrons. The summed E-state index contributed by atoms with van der Waals surface area (Å²) in [6, 6.07) is 1.75. The Bertz CT molecular complexity index is 316. The molecular weight excluding hydrogens is 212 g/mol. The van der Waals surface area contributed by atoms with Crippen LogP contribution in [0.15, 0.2) is 12.1 Å². The second-order valence-corrected chi connectivity index (χ2v) is 2.46. The summed E-state index contributed by atoms with van der Waals surface area (Å²) in [5, 5.41) is -0.487. The third-order valence-corrected chi connectivity index (χ3v) is 1.51. The summed E-state index contributed by atoms with van der Waals surface area (Å²) in [7, 11) is 0. The van der Waals surface area contributed by atoms with Crippen LogP contribution in [0.3, 0.4) is 0 Å². The van der Waals surface area contributed by atoms with E-state index < -0.39 is 29.0 Å². The minimum atomic E-state index is -3.20. The van der Waals surface area contributed by atoms with Gasteiger partial charge in [0.05, 0.1) is 5.02 Å². The number of hydrogen-bond donors (Lipinski definition) is 0. The summed E-state index contributed by atoms with van der Waals surface area (Å²) in [5.74, 6) is -3.79. The van der Waals surface area contributed by atoms with Crippen molar-refractivity contribution < 1.29 is 22.3 Å². The van der Waals surface area contributed by atoms with Gasteiger partial charge in [0.2, 0.25) is 5.82 Å². The molecule has 0 N–H and O–H groups in total. The summed E-state index contributed by atoms with van der Waals surface area (Å²) in [6.07, 6.45) is 0. The fourth-order valence-corrected chi connectivity index (χ4v) is 0.841. The molecule has 0 unspecified atom stereocenters. The van der Waals surface area contributed by atoms with Gasteiger partial charge in [0.1, 0.15) is 0 Å². The van der Waals surface area contributed by atoms with Gasteiger partial charge in [0.25, 0.3) is 0 Å². The molecule has 0 fully saturated rings. The minimum absolute atomic E-state index is 0.487. The second-order valence-electron chi connectivity index (χ2n) is 2.05. The van der Waals surface area contributed by atoms with Crippen LogP contribution in [0.25, 0.3) is 0 Å². The first-order chi connectivity index (χ1) is 6.02. The maximum atomic E-state index is 12.7. The van der Waals surface area contributed by atoms with Gasteiger partial charge in [-0.2, -0.15) is 13.2 Å². The molecule has 0 aliphatic rings. The van der Waals surface area contributed by atoms with Crippen LogP contribution in [-0.4, -0.2) is 6.61 Å². The van der Waals surface area contributed by atoms with Gasteiger partial charge in [-0.05, 0) is 12.1 Å². The van der Waals surface area contributed by atoms with E-state index in [9.17, 15) is 17.6 Å². The SMILES string of the molecule is Fc1c(Cl)ccc(OC(F)F)c1F. The maximum Gasteiger partial charge on any atom is 0.387 e. The standard InChI is InChI=1S/C7H3ClF4O/c8-3-1-2-4(13-7(11)12)6(10)5(3)9/h1-2,7H. The highest BCUT2D eigenvalue weighted by Crippen LogP contribution is 2.26. The zero-order valence-electron chi connectivity index (χ0n) is 6.03. The Morgan fingerprint density at radius 2 is 1.77 bits per heavy atom. The fraction of sp³-hybridized carbons (Fsp3) is 0.143. The molecule has 0 aliphatic carbocycles. The molecule has 0 saturated heterocycles. The van der Waals surface area contributed by atoms with Crippen LogP contribution < -0.4 is 4.74 Å². The number of rotatable bonds is 2. The van der Waals surface area contributed by atoms with Gasteiger partial charge in [0.15, 0.2) is 11.6 Å². The number of hydrogen-bond acceptors (Lipinski definition) is 1. The predicted octanol–water partition coefficient (Wildman–Crippen LogP) is 3.22. The van der Waals surface area contributed by atoms with Gasteiger partial charge in [0, 0.05) is 0 Å². The van der Waals surface area contributed by atoms with Crippen molar-refractivity contribution in [3.05, 3.63) is 28.8 Å². The molecule has 1 nitrogen and oxygen atoms in total. The zero-order valence-corrected chi connectivity index (χ0v) is 6.79. The molecule has 1 aromatic rings. The van der Waals surface area contributed by atoms with Gasteiger partial charge in [-0.1, -0.05) is 11.6 Å². The molecule has 0 amide bonds. The van der Waals surface area contributed by atoms with Crippen LogP contribution in [0.5, 0.6) is 5.75 Å². The van der Waals surface area contributed by atoms with Gasteiger partial charge in [-0.25, -0.2) is 4.39 Å². The quantitative estimate of drug-likeness (QED) is 0.543. The molecule has 0 aromatic heterocycles. The number of halogens is 5. The van der Waals surface area contributed by atoms with Crippen molar-refractivity contribution in [2.24, 2.45) is 0 Å². The highest BCUT2D eigenvalue weighted by atomic mass is 35.5. The van der Waals surface area contributed by atoms with Crippen LogP contribution in [0.2, 0.25) is 5.02 Å². The molecule has 0 saturated carbocycles. The van der Waals surface area contributed by atoms with E-state index >= 15 is 0 Å². The molecule has 0 heterocycles. The highest BCUT2D eigenvalue weighted by molar-refractivity contribution is 6.30. The topological polar surface area (TPSA) is 9.23 Å². The Hall–Kier alpha value is -0.970. The molecule has 13 heavy (non-hydrogen) atoms. The zero-order chi connectivity index (χ0) is 10.0. The van der Waals surface area contributed by atoms with E-state index in [1.54, 1.807) is 0 Å². The Morgan fingerprint density at radius 1 is 1.15 bits per heavy atom. The lowest BCUT2D eigenvalue weighted by Gasteiger charge is -2.05. The summed E-state index contributed by atoms with van der Waals surface area (Å²) in [6.45, 7) is -3.20. The number of alkyl halides is 2. The van der Waals surface area contributed by atoms with Crippen molar-refractivity contribution in [3.63, 3.8) is 0 Å². The molecular formula is C7H3ClF4O. The van der Waals surface area contributed by atoms with Gasteiger partial charge in [-0.3, -0.25) is 0 Å². The maximum absolute atomic E-state index is 12.7. The van der Waals surface area contributed by atoms with Gasteiger partial charge < -0.3 is 4.74 Å². The van der Waals surface area contributed by atoms with E-state index in [1.807, 2.05) is 0 Å². The fourth-order valence-electron chi connectivity index (χ4n) is 0.695. The van der Waals surface area contributed by atoms with E-state index in [2.05, 4.69) is 4.74 Å². The van der Waals surface area contributed by atoms with Crippen molar-refractivity contribution in [1.82, 2.24) is 0 Å². The summed E-state index contributed by atoms with van der Waals surface area (Å²) in [5.41, 5.74) is 0. The smallest absolute Gasteiger partial charge is 0.387 e. The van der Waals surface area contributed by atoms with Crippen molar-refractivity contribution in [2.45, 2.75) is 6.61 Å². The molecule has 6 heteroatoms. The summed E-state index contributed by atoms with van der Waals surface area (Å²) in [4.78, 5) is 0. The Balaban J connectivity index is 3.04. The van der Waals surface area contributed by atoms with E-state index in [-0.39, 0.29) is 0 Å². The first kappa shape index (κ1) is 10.1. The van der Waals surface area contributed by atoms with Gasteiger partial charge in [-0.15, -0.1) is 0 Å².